The molecule has 20 heavy (non-hydrogen) atoms. The fourth-order valence-electron chi connectivity index (χ4n) is 3.04. The third kappa shape index (κ3) is 3.61. The van der Waals surface area contributed by atoms with E-state index in [1.807, 2.05) is 18.2 Å². The molecule has 0 aromatic heterocycles. The number of carbonyl (C=O) groups excluding carboxylic acids is 1. The molecule has 0 atom stereocenters. The van der Waals surface area contributed by atoms with Gasteiger partial charge in [0.1, 0.15) is 0 Å². The molecule has 3 nitrogen and oxygen atoms in total. The Kier molecular flexibility index (Phi) is 5.61. The van der Waals surface area contributed by atoms with E-state index in [0.717, 1.165) is 28.6 Å². The molecule has 0 amide bonds. The minimum atomic E-state index is 0.0752. The smallest absolute Gasteiger partial charge is 0.161 e. The summed E-state index contributed by atoms with van der Waals surface area (Å²) in [5.74, 6) is 0.0752. The van der Waals surface area contributed by atoms with Crippen LogP contribution < -0.4 is 4.90 Å². The second kappa shape index (κ2) is 7.23. The van der Waals surface area contributed by atoms with Crippen LogP contribution in [-0.2, 0) is 0 Å². The number of aliphatic hydroxyl groups is 1. The van der Waals surface area contributed by atoms with Crippen LogP contribution in [0.5, 0.6) is 0 Å². The van der Waals surface area contributed by atoms with Crippen molar-refractivity contribution in [2.24, 2.45) is 0 Å². The van der Waals surface area contributed by atoms with Gasteiger partial charge in [0.15, 0.2) is 5.78 Å². The lowest BCUT2D eigenvalue weighted by molar-refractivity contribution is 0.101. The summed E-state index contributed by atoms with van der Waals surface area (Å²) < 4.78 is 0.969. The molecule has 1 N–H and O–H groups in total. The number of Topliss-reactive ketones (excluding diaryl/α,β-unsaturated/α-hetero) is 1. The SMILES string of the molecule is CC(=O)c1ccc(Br)cc1N(CCO)C1CCCCC1. The summed E-state index contributed by atoms with van der Waals surface area (Å²) in [5.41, 5.74) is 1.69. The minimum Gasteiger partial charge on any atom is -0.395 e. The molecule has 110 valence electrons. The predicted molar refractivity (Wildman–Crippen MR) is 85.5 cm³/mol. The van der Waals surface area contributed by atoms with E-state index < -0.39 is 0 Å². The molecule has 1 aliphatic carbocycles. The lowest BCUT2D eigenvalue weighted by atomic mass is 9.93. The quantitative estimate of drug-likeness (QED) is 0.830. The van der Waals surface area contributed by atoms with E-state index in [-0.39, 0.29) is 12.4 Å². The van der Waals surface area contributed by atoms with Crippen LogP contribution in [0.25, 0.3) is 0 Å². The Morgan fingerprint density at radius 1 is 1.35 bits per heavy atom. The van der Waals surface area contributed by atoms with Gasteiger partial charge in [0.25, 0.3) is 0 Å². The zero-order valence-electron chi connectivity index (χ0n) is 11.9. The van der Waals surface area contributed by atoms with E-state index in [4.69, 9.17) is 0 Å². The van der Waals surface area contributed by atoms with E-state index >= 15 is 0 Å². The van der Waals surface area contributed by atoms with Crippen molar-refractivity contribution in [3.8, 4) is 0 Å². The lowest BCUT2D eigenvalue weighted by Gasteiger charge is -2.36. The summed E-state index contributed by atoms with van der Waals surface area (Å²) in [6.45, 7) is 2.30. The maximum absolute atomic E-state index is 11.9. The molecule has 1 saturated carbocycles. The van der Waals surface area contributed by atoms with Crippen molar-refractivity contribution in [3.63, 3.8) is 0 Å². The molecule has 0 bridgehead atoms. The predicted octanol–water partition coefficient (Wildman–Crippen LogP) is 3.78. The summed E-state index contributed by atoms with van der Waals surface area (Å²) in [4.78, 5) is 14.1. The summed E-state index contributed by atoms with van der Waals surface area (Å²) >= 11 is 3.49. The second-order valence-corrected chi connectivity index (χ2v) is 6.34. The van der Waals surface area contributed by atoms with E-state index in [2.05, 4.69) is 20.8 Å². The van der Waals surface area contributed by atoms with Gasteiger partial charge in [-0.1, -0.05) is 35.2 Å². The molecule has 1 aromatic carbocycles. The molecular formula is C16H22BrNO2. The van der Waals surface area contributed by atoms with Crippen molar-refractivity contribution in [2.75, 3.05) is 18.1 Å². The van der Waals surface area contributed by atoms with Crippen LogP contribution in [0.15, 0.2) is 22.7 Å². The van der Waals surface area contributed by atoms with Crippen molar-refractivity contribution in [1.29, 1.82) is 0 Å². The molecule has 0 saturated heterocycles. The van der Waals surface area contributed by atoms with Crippen molar-refractivity contribution < 1.29 is 9.90 Å². The van der Waals surface area contributed by atoms with Gasteiger partial charge in [-0.15, -0.1) is 0 Å². The van der Waals surface area contributed by atoms with Gasteiger partial charge in [0.05, 0.1) is 6.61 Å². The maximum Gasteiger partial charge on any atom is 0.161 e. The van der Waals surface area contributed by atoms with Crippen molar-refractivity contribution in [2.45, 2.75) is 45.1 Å². The minimum absolute atomic E-state index is 0.0752. The van der Waals surface area contributed by atoms with Gasteiger partial charge in [-0.25, -0.2) is 0 Å². The Morgan fingerprint density at radius 3 is 2.65 bits per heavy atom. The summed E-state index contributed by atoms with van der Waals surface area (Å²) in [5, 5.41) is 9.39. The first kappa shape index (κ1) is 15.5. The number of hydrogen-bond donors (Lipinski definition) is 1. The Morgan fingerprint density at radius 2 is 2.05 bits per heavy atom. The largest absolute Gasteiger partial charge is 0.395 e. The van der Waals surface area contributed by atoms with E-state index in [1.54, 1.807) is 6.92 Å². The number of rotatable bonds is 5. The number of ketones is 1. The number of anilines is 1. The molecule has 4 heteroatoms. The van der Waals surface area contributed by atoms with Crippen LogP contribution in [0.4, 0.5) is 5.69 Å². The summed E-state index contributed by atoms with van der Waals surface area (Å²) in [6.07, 6.45) is 6.04. The Bertz CT molecular complexity index is 470. The van der Waals surface area contributed by atoms with Gasteiger partial charge in [-0.2, -0.15) is 0 Å². The zero-order chi connectivity index (χ0) is 14.5. The van der Waals surface area contributed by atoms with Crippen molar-refractivity contribution in [3.05, 3.63) is 28.2 Å². The number of nitrogens with zero attached hydrogens (tertiary/aromatic N) is 1. The number of hydrogen-bond acceptors (Lipinski definition) is 3. The van der Waals surface area contributed by atoms with Gasteiger partial charge in [0, 0.05) is 28.3 Å². The standard InChI is InChI=1S/C16H22BrNO2/c1-12(20)15-8-7-13(17)11-16(15)18(9-10-19)14-5-3-2-4-6-14/h7-8,11,14,19H,2-6,9-10H2,1H3. The first-order valence-electron chi connectivity index (χ1n) is 7.31. The Labute approximate surface area is 129 Å². The third-order valence-electron chi connectivity index (χ3n) is 4.00. The van der Waals surface area contributed by atoms with E-state index in [1.165, 1.54) is 19.3 Å². The average molecular weight is 340 g/mol. The number of halogens is 1. The first-order chi connectivity index (χ1) is 9.63. The van der Waals surface area contributed by atoms with Gasteiger partial charge in [-0.05, 0) is 38.0 Å². The number of benzene rings is 1. The van der Waals surface area contributed by atoms with Gasteiger partial charge < -0.3 is 10.0 Å². The van der Waals surface area contributed by atoms with Crippen LogP contribution in [0.1, 0.15) is 49.4 Å². The molecule has 0 heterocycles. The average Bonchev–Trinajstić information content (AvgIpc) is 2.45. The van der Waals surface area contributed by atoms with E-state index in [0.29, 0.717) is 12.6 Å². The van der Waals surface area contributed by atoms with Gasteiger partial charge in [0.2, 0.25) is 0 Å². The summed E-state index contributed by atoms with van der Waals surface area (Å²) in [7, 11) is 0. The van der Waals surface area contributed by atoms with Crippen molar-refractivity contribution in [1.82, 2.24) is 0 Å². The molecule has 0 aliphatic heterocycles. The highest BCUT2D eigenvalue weighted by molar-refractivity contribution is 9.10. The Balaban J connectivity index is 2.36. The molecule has 2 rings (SSSR count). The fraction of sp³-hybridized carbons (Fsp3) is 0.562. The van der Waals surface area contributed by atoms with Crippen LogP contribution in [0, 0.1) is 0 Å². The summed E-state index contributed by atoms with van der Waals surface area (Å²) in [6, 6.07) is 6.21. The van der Waals surface area contributed by atoms with Crippen molar-refractivity contribution >= 4 is 27.4 Å². The van der Waals surface area contributed by atoms with Crippen LogP contribution in [0.3, 0.4) is 0 Å². The second-order valence-electron chi connectivity index (χ2n) is 5.43. The maximum atomic E-state index is 11.9. The first-order valence-corrected chi connectivity index (χ1v) is 8.10. The number of aliphatic hydroxyl groups excluding tert-OH is 1. The Hall–Kier alpha value is -0.870. The normalized spacial score (nSPS) is 16.1. The zero-order valence-corrected chi connectivity index (χ0v) is 13.5. The molecule has 1 fully saturated rings. The van der Waals surface area contributed by atoms with E-state index in [9.17, 15) is 9.90 Å². The highest BCUT2D eigenvalue weighted by Gasteiger charge is 2.24. The molecule has 1 aromatic rings. The molecule has 0 radical (unpaired) electrons. The van der Waals surface area contributed by atoms with Crippen LogP contribution in [0.2, 0.25) is 0 Å². The highest BCUT2D eigenvalue weighted by atomic mass is 79.9. The van der Waals surface area contributed by atoms with Gasteiger partial charge >= 0.3 is 0 Å². The van der Waals surface area contributed by atoms with Gasteiger partial charge in [-0.3, -0.25) is 4.79 Å². The molecule has 0 unspecified atom stereocenters. The third-order valence-corrected chi connectivity index (χ3v) is 4.50. The molecule has 1 aliphatic rings. The van der Waals surface area contributed by atoms with Crippen LogP contribution in [-0.4, -0.2) is 30.1 Å². The molecular weight excluding hydrogens is 318 g/mol. The number of carbonyl (C=O) groups is 1. The lowest BCUT2D eigenvalue weighted by Crippen LogP contribution is -2.39. The molecule has 0 spiro atoms. The topological polar surface area (TPSA) is 40.5 Å². The highest BCUT2D eigenvalue weighted by Crippen LogP contribution is 2.31. The van der Waals surface area contributed by atoms with Crippen LogP contribution >= 0.6 is 15.9 Å². The monoisotopic (exact) mass is 339 g/mol. The fourth-order valence-corrected chi connectivity index (χ4v) is 3.39.